The van der Waals surface area contributed by atoms with Gasteiger partial charge in [0, 0.05) is 38.2 Å². The molecule has 2 aliphatic rings. The molecule has 2 N–H and O–H groups in total. The van der Waals surface area contributed by atoms with Gasteiger partial charge < -0.3 is 19.9 Å². The highest BCUT2D eigenvalue weighted by Gasteiger charge is 2.29. The molecule has 0 saturated carbocycles. The van der Waals surface area contributed by atoms with Crippen molar-refractivity contribution in [2.24, 2.45) is 11.8 Å². The Morgan fingerprint density at radius 3 is 2.92 bits per heavy atom. The highest BCUT2D eigenvalue weighted by molar-refractivity contribution is 5.74. The molecule has 1 atom stereocenters. The summed E-state index contributed by atoms with van der Waals surface area (Å²) in [4.78, 5) is 18.6. The molecule has 2 saturated heterocycles. The Morgan fingerprint density at radius 2 is 2.12 bits per heavy atom. The Kier molecular flexibility index (Phi) is 4.38. The zero-order valence-corrected chi connectivity index (χ0v) is 13.9. The zero-order chi connectivity index (χ0) is 16.4. The number of amides is 2. The first-order valence-corrected chi connectivity index (χ1v) is 8.95. The van der Waals surface area contributed by atoms with Crippen LogP contribution in [0.25, 0.3) is 5.65 Å². The van der Waals surface area contributed by atoms with Crippen LogP contribution < -0.4 is 10.6 Å². The number of nitrogens with zero attached hydrogens (tertiary/aromatic N) is 3. The van der Waals surface area contributed by atoms with E-state index >= 15 is 0 Å². The van der Waals surface area contributed by atoms with Crippen LogP contribution in [0.2, 0.25) is 0 Å². The number of likely N-dealkylation sites (tertiary alicyclic amines) is 1. The maximum Gasteiger partial charge on any atom is 0.317 e. The van der Waals surface area contributed by atoms with Crippen LogP contribution in [0.1, 0.15) is 24.8 Å². The minimum atomic E-state index is 0.0567. The first kappa shape index (κ1) is 15.4. The topological polar surface area (TPSA) is 61.7 Å². The number of aromatic nitrogens is 2. The van der Waals surface area contributed by atoms with Crippen molar-refractivity contribution in [1.29, 1.82) is 0 Å². The predicted molar refractivity (Wildman–Crippen MR) is 92.7 cm³/mol. The molecule has 4 rings (SSSR count). The van der Waals surface area contributed by atoms with E-state index in [1.165, 1.54) is 6.42 Å². The lowest BCUT2D eigenvalue weighted by molar-refractivity contribution is 0.153. The smallest absolute Gasteiger partial charge is 0.317 e. The monoisotopic (exact) mass is 327 g/mol. The largest absolute Gasteiger partial charge is 0.334 e. The lowest BCUT2D eigenvalue weighted by atomic mass is 9.84. The van der Waals surface area contributed by atoms with Gasteiger partial charge in [0.2, 0.25) is 0 Å². The van der Waals surface area contributed by atoms with E-state index in [1.54, 1.807) is 6.20 Å². The molecule has 128 valence electrons. The second-order valence-electron chi connectivity index (χ2n) is 6.96. The van der Waals surface area contributed by atoms with Gasteiger partial charge in [-0.25, -0.2) is 9.78 Å². The molecule has 0 spiro atoms. The van der Waals surface area contributed by atoms with Gasteiger partial charge in [0.25, 0.3) is 0 Å². The van der Waals surface area contributed by atoms with Crippen molar-refractivity contribution in [3.8, 4) is 0 Å². The Hall–Kier alpha value is -2.08. The molecule has 6 heteroatoms. The van der Waals surface area contributed by atoms with Crippen LogP contribution in [-0.4, -0.2) is 46.5 Å². The summed E-state index contributed by atoms with van der Waals surface area (Å²) >= 11 is 0. The van der Waals surface area contributed by atoms with E-state index in [9.17, 15) is 4.79 Å². The normalized spacial score (nSPS) is 22.2. The highest BCUT2D eigenvalue weighted by atomic mass is 16.2. The highest BCUT2D eigenvalue weighted by Crippen LogP contribution is 2.28. The second kappa shape index (κ2) is 6.81. The van der Waals surface area contributed by atoms with E-state index in [1.807, 2.05) is 33.8 Å². The van der Waals surface area contributed by atoms with Gasteiger partial charge in [-0.05, 0) is 61.9 Å². The summed E-state index contributed by atoms with van der Waals surface area (Å²) in [5.74, 6) is 1.60. The van der Waals surface area contributed by atoms with E-state index in [-0.39, 0.29) is 6.03 Å². The number of rotatable bonds is 3. The summed E-state index contributed by atoms with van der Waals surface area (Å²) in [7, 11) is 0. The number of carbonyl (C=O) groups is 1. The quantitative estimate of drug-likeness (QED) is 0.905. The van der Waals surface area contributed by atoms with E-state index in [2.05, 4.69) is 15.6 Å². The molecule has 0 aliphatic carbocycles. The number of imidazole rings is 1. The van der Waals surface area contributed by atoms with Gasteiger partial charge in [-0.1, -0.05) is 0 Å². The number of pyridine rings is 1. The van der Waals surface area contributed by atoms with Crippen LogP contribution in [0, 0.1) is 11.8 Å². The Bertz CT molecular complexity index is 698. The number of hydrogen-bond acceptors (Lipinski definition) is 3. The van der Waals surface area contributed by atoms with Gasteiger partial charge in [0.15, 0.2) is 0 Å². The summed E-state index contributed by atoms with van der Waals surface area (Å²) in [6.45, 7) is 4.63. The third kappa shape index (κ3) is 3.24. The fourth-order valence-corrected chi connectivity index (χ4v) is 4.01. The Morgan fingerprint density at radius 1 is 1.25 bits per heavy atom. The average molecular weight is 327 g/mol. The van der Waals surface area contributed by atoms with Gasteiger partial charge in [-0.15, -0.1) is 0 Å². The molecule has 2 amide bonds. The molecular weight excluding hydrogens is 302 g/mol. The zero-order valence-electron chi connectivity index (χ0n) is 13.9. The maximum absolute atomic E-state index is 12.4. The molecular formula is C18H25N5O. The van der Waals surface area contributed by atoms with Crippen molar-refractivity contribution < 1.29 is 4.79 Å². The van der Waals surface area contributed by atoms with Crippen molar-refractivity contribution >= 4 is 11.7 Å². The molecule has 24 heavy (non-hydrogen) atoms. The summed E-state index contributed by atoms with van der Waals surface area (Å²) in [6, 6.07) is 4.09. The van der Waals surface area contributed by atoms with Crippen LogP contribution in [0.15, 0.2) is 30.7 Å². The second-order valence-corrected chi connectivity index (χ2v) is 6.96. The molecule has 2 aromatic rings. The molecule has 0 bridgehead atoms. The van der Waals surface area contributed by atoms with Crippen molar-refractivity contribution in [1.82, 2.24) is 24.9 Å². The van der Waals surface area contributed by atoms with E-state index < -0.39 is 0 Å². The maximum atomic E-state index is 12.4. The number of nitrogens with one attached hydrogen (secondary N) is 2. The first-order valence-electron chi connectivity index (χ1n) is 8.95. The van der Waals surface area contributed by atoms with E-state index in [4.69, 9.17) is 0 Å². The third-order valence-electron chi connectivity index (χ3n) is 5.50. The Labute approximate surface area is 142 Å². The van der Waals surface area contributed by atoms with Crippen molar-refractivity contribution in [2.75, 3.05) is 26.2 Å². The molecule has 4 heterocycles. The molecule has 0 radical (unpaired) electrons. The lowest BCUT2D eigenvalue weighted by Crippen LogP contribution is -2.45. The number of carbonyl (C=O) groups excluding carboxylic acids is 1. The third-order valence-corrected chi connectivity index (χ3v) is 5.50. The fraction of sp³-hybridized carbons (Fsp3) is 0.556. The molecule has 2 aromatic heterocycles. The SMILES string of the molecule is O=C(NCc1ccn2ccnc2c1)N1CCC(C2CCNC2)CC1. The fourth-order valence-electron chi connectivity index (χ4n) is 4.01. The summed E-state index contributed by atoms with van der Waals surface area (Å²) in [5, 5.41) is 6.50. The number of urea groups is 1. The average Bonchev–Trinajstić information content (AvgIpc) is 3.31. The van der Waals surface area contributed by atoms with Gasteiger partial charge in [0.05, 0.1) is 0 Å². The van der Waals surface area contributed by atoms with Crippen LogP contribution in [-0.2, 0) is 6.54 Å². The standard InChI is InChI=1S/C18H25N5O/c24-18(21-12-14-2-7-22-10-6-20-17(22)11-14)23-8-3-15(4-9-23)16-1-5-19-13-16/h2,6-7,10-11,15-16,19H,1,3-5,8-9,12-13H2,(H,21,24). The van der Waals surface area contributed by atoms with E-state index in [0.717, 1.165) is 62.1 Å². The molecule has 2 aliphatic heterocycles. The predicted octanol–water partition coefficient (Wildman–Crippen LogP) is 1.87. The molecule has 1 unspecified atom stereocenters. The summed E-state index contributed by atoms with van der Waals surface area (Å²) in [5.41, 5.74) is 1.99. The minimum absolute atomic E-state index is 0.0567. The molecule has 6 nitrogen and oxygen atoms in total. The van der Waals surface area contributed by atoms with Gasteiger partial charge in [-0.2, -0.15) is 0 Å². The summed E-state index contributed by atoms with van der Waals surface area (Å²) in [6.07, 6.45) is 9.25. The van der Waals surface area contributed by atoms with Crippen molar-refractivity contribution in [2.45, 2.75) is 25.8 Å². The van der Waals surface area contributed by atoms with Gasteiger partial charge in [0.1, 0.15) is 5.65 Å². The lowest BCUT2D eigenvalue weighted by Gasteiger charge is -2.34. The van der Waals surface area contributed by atoms with Crippen LogP contribution in [0.3, 0.4) is 0 Å². The van der Waals surface area contributed by atoms with Crippen molar-refractivity contribution in [3.05, 3.63) is 36.3 Å². The van der Waals surface area contributed by atoms with E-state index in [0.29, 0.717) is 6.54 Å². The van der Waals surface area contributed by atoms with Gasteiger partial charge in [-0.3, -0.25) is 0 Å². The first-order chi connectivity index (χ1) is 11.8. The van der Waals surface area contributed by atoms with Crippen LogP contribution in [0.5, 0.6) is 0 Å². The van der Waals surface area contributed by atoms with Crippen LogP contribution >= 0.6 is 0 Å². The number of piperidine rings is 1. The Balaban J connectivity index is 1.27. The summed E-state index contributed by atoms with van der Waals surface area (Å²) < 4.78 is 1.97. The van der Waals surface area contributed by atoms with Gasteiger partial charge >= 0.3 is 6.03 Å². The van der Waals surface area contributed by atoms with Crippen LogP contribution in [0.4, 0.5) is 4.79 Å². The van der Waals surface area contributed by atoms with Crippen molar-refractivity contribution in [3.63, 3.8) is 0 Å². The number of hydrogen-bond donors (Lipinski definition) is 2. The molecule has 0 aromatic carbocycles. The number of fused-ring (bicyclic) bond motifs is 1. The minimum Gasteiger partial charge on any atom is -0.334 e. The molecule has 2 fully saturated rings.